The SMILES string of the molecule is COC(C)Cc1ccc(OCc2cc(-c3ccc(C)cc3)oc2C)cc1C. The van der Waals surface area contributed by atoms with Gasteiger partial charge in [-0.15, -0.1) is 0 Å². The summed E-state index contributed by atoms with van der Waals surface area (Å²) in [5.74, 6) is 2.65. The van der Waals surface area contributed by atoms with Gasteiger partial charge in [-0.25, -0.2) is 0 Å². The van der Waals surface area contributed by atoms with Crippen molar-refractivity contribution in [3.8, 4) is 17.1 Å². The summed E-state index contributed by atoms with van der Waals surface area (Å²) in [6.07, 6.45) is 1.12. The highest BCUT2D eigenvalue weighted by atomic mass is 16.5. The number of aryl methyl sites for hydroxylation is 3. The standard InChI is InChI=1S/C24H28O3/c1-16-6-8-20(9-7-16)24-14-22(19(4)27-24)15-26-23-11-10-21(17(2)12-23)13-18(3)25-5/h6-12,14,18H,13,15H2,1-5H3. The summed E-state index contributed by atoms with van der Waals surface area (Å²) in [5, 5.41) is 0. The minimum atomic E-state index is 0.212. The fourth-order valence-electron chi connectivity index (χ4n) is 3.06. The molecule has 0 bridgehead atoms. The normalized spacial score (nSPS) is 12.2. The summed E-state index contributed by atoms with van der Waals surface area (Å²) < 4.78 is 17.3. The molecule has 3 heteroatoms. The molecule has 0 aliphatic heterocycles. The summed E-state index contributed by atoms with van der Waals surface area (Å²) in [4.78, 5) is 0. The molecule has 1 aromatic heterocycles. The third-order valence-electron chi connectivity index (χ3n) is 4.97. The van der Waals surface area contributed by atoms with Crippen LogP contribution in [0.5, 0.6) is 5.75 Å². The van der Waals surface area contributed by atoms with Gasteiger partial charge in [-0.1, -0.05) is 35.9 Å². The zero-order chi connectivity index (χ0) is 19.4. The Morgan fingerprint density at radius 2 is 1.67 bits per heavy atom. The lowest BCUT2D eigenvalue weighted by Crippen LogP contribution is -2.09. The predicted molar refractivity (Wildman–Crippen MR) is 109 cm³/mol. The highest BCUT2D eigenvalue weighted by molar-refractivity contribution is 5.59. The van der Waals surface area contributed by atoms with Crippen LogP contribution in [0.2, 0.25) is 0 Å². The Morgan fingerprint density at radius 1 is 0.926 bits per heavy atom. The van der Waals surface area contributed by atoms with Crippen LogP contribution in [0.15, 0.2) is 52.9 Å². The molecule has 0 aliphatic carbocycles. The number of methoxy groups -OCH3 is 1. The summed E-state index contributed by atoms with van der Waals surface area (Å²) >= 11 is 0. The van der Waals surface area contributed by atoms with Gasteiger partial charge in [0.15, 0.2) is 0 Å². The molecule has 3 aromatic rings. The molecule has 142 valence electrons. The molecule has 1 heterocycles. The van der Waals surface area contributed by atoms with E-state index in [1.54, 1.807) is 7.11 Å². The van der Waals surface area contributed by atoms with Gasteiger partial charge in [0.25, 0.3) is 0 Å². The van der Waals surface area contributed by atoms with Crippen molar-refractivity contribution in [2.75, 3.05) is 7.11 Å². The van der Waals surface area contributed by atoms with Crippen LogP contribution in [-0.2, 0) is 17.8 Å². The van der Waals surface area contributed by atoms with E-state index in [0.717, 1.165) is 34.8 Å². The Labute approximate surface area is 161 Å². The summed E-state index contributed by atoms with van der Waals surface area (Å²) in [6.45, 7) is 8.76. The van der Waals surface area contributed by atoms with E-state index in [4.69, 9.17) is 13.9 Å². The highest BCUT2D eigenvalue weighted by Gasteiger charge is 2.11. The molecule has 1 atom stereocenters. The van der Waals surface area contributed by atoms with Gasteiger partial charge in [-0.05, 0) is 63.4 Å². The average Bonchev–Trinajstić information content (AvgIpc) is 3.03. The summed E-state index contributed by atoms with van der Waals surface area (Å²) in [5.41, 5.74) is 5.91. The minimum Gasteiger partial charge on any atom is -0.489 e. The van der Waals surface area contributed by atoms with Crippen LogP contribution in [0.4, 0.5) is 0 Å². The van der Waals surface area contributed by atoms with E-state index in [1.807, 2.05) is 13.0 Å². The molecule has 0 N–H and O–H groups in total. The molecule has 0 amide bonds. The second kappa shape index (κ2) is 8.45. The van der Waals surface area contributed by atoms with Crippen molar-refractivity contribution in [2.45, 2.75) is 46.8 Å². The van der Waals surface area contributed by atoms with Crippen LogP contribution in [0.3, 0.4) is 0 Å². The quantitative estimate of drug-likeness (QED) is 0.513. The molecule has 0 aliphatic rings. The Kier molecular flexibility index (Phi) is 6.02. The molecule has 1 unspecified atom stereocenters. The van der Waals surface area contributed by atoms with Crippen molar-refractivity contribution >= 4 is 0 Å². The number of hydrogen-bond acceptors (Lipinski definition) is 3. The lowest BCUT2D eigenvalue weighted by Gasteiger charge is -2.13. The number of furan rings is 1. The highest BCUT2D eigenvalue weighted by Crippen LogP contribution is 2.27. The van der Waals surface area contributed by atoms with E-state index in [0.29, 0.717) is 6.61 Å². The average molecular weight is 364 g/mol. The van der Waals surface area contributed by atoms with Gasteiger partial charge in [-0.3, -0.25) is 0 Å². The maximum Gasteiger partial charge on any atom is 0.134 e. The van der Waals surface area contributed by atoms with Gasteiger partial charge in [0.05, 0.1) is 6.10 Å². The van der Waals surface area contributed by atoms with E-state index in [-0.39, 0.29) is 6.10 Å². The molecular weight excluding hydrogens is 336 g/mol. The maximum absolute atomic E-state index is 6.02. The van der Waals surface area contributed by atoms with Crippen molar-refractivity contribution in [3.63, 3.8) is 0 Å². The molecule has 0 saturated heterocycles. The maximum atomic E-state index is 6.02. The van der Waals surface area contributed by atoms with Crippen LogP contribution >= 0.6 is 0 Å². The Morgan fingerprint density at radius 3 is 2.33 bits per heavy atom. The fourth-order valence-corrected chi connectivity index (χ4v) is 3.06. The molecule has 2 aromatic carbocycles. The fraction of sp³-hybridized carbons (Fsp3) is 0.333. The topological polar surface area (TPSA) is 31.6 Å². The van der Waals surface area contributed by atoms with Gasteiger partial charge in [-0.2, -0.15) is 0 Å². The number of benzene rings is 2. The largest absolute Gasteiger partial charge is 0.489 e. The summed E-state index contributed by atoms with van der Waals surface area (Å²) in [7, 11) is 1.75. The van der Waals surface area contributed by atoms with E-state index in [1.165, 1.54) is 16.7 Å². The van der Waals surface area contributed by atoms with Crippen molar-refractivity contribution < 1.29 is 13.9 Å². The minimum absolute atomic E-state index is 0.212. The Balaban J connectivity index is 1.68. The summed E-state index contributed by atoms with van der Waals surface area (Å²) in [6, 6.07) is 16.7. The Bertz CT molecular complexity index is 890. The lowest BCUT2D eigenvalue weighted by atomic mass is 10.0. The Hall–Kier alpha value is -2.52. The second-order valence-corrected chi connectivity index (χ2v) is 7.19. The van der Waals surface area contributed by atoms with Crippen molar-refractivity contribution in [2.24, 2.45) is 0 Å². The molecule has 3 rings (SSSR count). The number of rotatable bonds is 7. The molecular formula is C24H28O3. The van der Waals surface area contributed by atoms with Gasteiger partial charge >= 0.3 is 0 Å². The number of hydrogen-bond donors (Lipinski definition) is 0. The molecule has 0 saturated carbocycles. The van der Waals surface area contributed by atoms with Crippen LogP contribution < -0.4 is 4.74 Å². The monoisotopic (exact) mass is 364 g/mol. The van der Waals surface area contributed by atoms with Crippen LogP contribution in [0.25, 0.3) is 11.3 Å². The molecule has 3 nitrogen and oxygen atoms in total. The predicted octanol–water partition coefficient (Wildman–Crippen LogP) is 6.03. The van der Waals surface area contributed by atoms with Crippen LogP contribution in [-0.4, -0.2) is 13.2 Å². The van der Waals surface area contributed by atoms with E-state index < -0.39 is 0 Å². The van der Waals surface area contributed by atoms with Crippen molar-refractivity contribution in [3.05, 3.63) is 76.5 Å². The van der Waals surface area contributed by atoms with Gasteiger partial charge in [0.1, 0.15) is 23.9 Å². The van der Waals surface area contributed by atoms with Crippen LogP contribution in [0, 0.1) is 20.8 Å². The van der Waals surface area contributed by atoms with Gasteiger partial charge < -0.3 is 13.9 Å². The smallest absolute Gasteiger partial charge is 0.134 e. The molecule has 0 radical (unpaired) electrons. The van der Waals surface area contributed by atoms with E-state index in [9.17, 15) is 0 Å². The van der Waals surface area contributed by atoms with E-state index >= 15 is 0 Å². The molecule has 27 heavy (non-hydrogen) atoms. The molecule has 0 fully saturated rings. The lowest BCUT2D eigenvalue weighted by molar-refractivity contribution is 0.118. The third-order valence-corrected chi connectivity index (χ3v) is 4.97. The van der Waals surface area contributed by atoms with Crippen LogP contribution in [0.1, 0.15) is 34.9 Å². The van der Waals surface area contributed by atoms with Crippen molar-refractivity contribution in [1.29, 1.82) is 0 Å². The first-order chi connectivity index (χ1) is 13.0. The first-order valence-electron chi connectivity index (χ1n) is 9.37. The first kappa shape index (κ1) is 19.2. The zero-order valence-electron chi connectivity index (χ0n) is 16.8. The zero-order valence-corrected chi connectivity index (χ0v) is 16.8. The van der Waals surface area contributed by atoms with Gasteiger partial charge in [0, 0.05) is 18.2 Å². The van der Waals surface area contributed by atoms with Gasteiger partial charge in [0.2, 0.25) is 0 Å². The first-order valence-corrected chi connectivity index (χ1v) is 9.37. The molecule has 0 spiro atoms. The van der Waals surface area contributed by atoms with Crippen molar-refractivity contribution in [1.82, 2.24) is 0 Å². The van der Waals surface area contributed by atoms with E-state index in [2.05, 4.69) is 63.2 Å². The number of ether oxygens (including phenoxy) is 2. The third kappa shape index (κ3) is 4.81. The second-order valence-electron chi connectivity index (χ2n) is 7.19.